The zero-order valence-corrected chi connectivity index (χ0v) is 15.0. The van der Waals surface area contributed by atoms with Gasteiger partial charge in [-0.15, -0.1) is 0 Å². The van der Waals surface area contributed by atoms with E-state index in [1.165, 1.54) is 0 Å². The molecule has 0 bridgehead atoms. The van der Waals surface area contributed by atoms with Gasteiger partial charge < -0.3 is 14.5 Å². The zero-order chi connectivity index (χ0) is 18.7. The van der Waals surface area contributed by atoms with Crippen molar-refractivity contribution in [2.24, 2.45) is 0 Å². The van der Waals surface area contributed by atoms with Crippen LogP contribution in [-0.4, -0.2) is 28.9 Å². The van der Waals surface area contributed by atoms with Gasteiger partial charge in [-0.1, -0.05) is 35.9 Å². The Morgan fingerprint density at radius 3 is 2.38 bits per heavy atom. The van der Waals surface area contributed by atoms with Crippen LogP contribution in [0.25, 0.3) is 10.9 Å². The van der Waals surface area contributed by atoms with Crippen molar-refractivity contribution in [2.45, 2.75) is 33.0 Å². The average molecular weight is 351 g/mol. The molecule has 2 atom stereocenters. The van der Waals surface area contributed by atoms with E-state index < -0.39 is 18.2 Å². The Morgan fingerprint density at radius 2 is 1.65 bits per heavy atom. The highest BCUT2D eigenvalue weighted by molar-refractivity contribution is 6.10. The normalized spacial score (nSPS) is 13.2. The molecule has 1 aromatic heterocycles. The molecule has 26 heavy (non-hydrogen) atoms. The number of hydrogen-bond acceptors (Lipinski definition) is 4. The predicted molar refractivity (Wildman–Crippen MR) is 99.5 cm³/mol. The number of aromatic amines is 1. The lowest BCUT2D eigenvalue weighted by Crippen LogP contribution is -2.32. The number of carbonyl (C=O) groups excluding carboxylic acids is 2. The molecule has 0 spiro atoms. The van der Waals surface area contributed by atoms with E-state index in [1.807, 2.05) is 43.3 Å². The van der Waals surface area contributed by atoms with Crippen LogP contribution in [0.4, 0.5) is 0 Å². The maximum atomic E-state index is 12.6. The number of carbonyl (C=O) groups is 2. The smallest absolute Gasteiger partial charge is 0.347 e. The lowest BCUT2D eigenvalue weighted by molar-refractivity contribution is -0.153. The number of aromatic nitrogens is 1. The number of Topliss-reactive ketones (excluding diaryl/α,β-unsaturated/α-hetero) is 1. The Bertz CT molecular complexity index is 927. The summed E-state index contributed by atoms with van der Waals surface area (Å²) >= 11 is 0. The van der Waals surface area contributed by atoms with E-state index in [0.717, 1.165) is 16.5 Å². The van der Waals surface area contributed by atoms with Crippen molar-refractivity contribution in [3.63, 3.8) is 0 Å². The lowest BCUT2D eigenvalue weighted by atomic mass is 10.1. The maximum Gasteiger partial charge on any atom is 0.347 e. The van der Waals surface area contributed by atoms with E-state index in [2.05, 4.69) is 4.98 Å². The van der Waals surface area contributed by atoms with Crippen molar-refractivity contribution >= 4 is 22.7 Å². The summed E-state index contributed by atoms with van der Waals surface area (Å²) in [7, 11) is 0. The van der Waals surface area contributed by atoms with Gasteiger partial charge in [0.1, 0.15) is 5.75 Å². The number of hydrogen-bond donors (Lipinski definition) is 1. The average Bonchev–Trinajstić information content (AvgIpc) is 3.07. The number of rotatable bonds is 6. The van der Waals surface area contributed by atoms with Gasteiger partial charge in [-0.2, -0.15) is 0 Å². The van der Waals surface area contributed by atoms with Crippen LogP contribution < -0.4 is 4.74 Å². The van der Waals surface area contributed by atoms with Gasteiger partial charge in [-0.05, 0) is 39.0 Å². The van der Waals surface area contributed by atoms with Gasteiger partial charge in [-0.25, -0.2) is 4.79 Å². The Hall–Kier alpha value is -3.08. The number of benzene rings is 2. The molecule has 5 heteroatoms. The molecule has 3 rings (SSSR count). The second kappa shape index (κ2) is 7.44. The van der Waals surface area contributed by atoms with Gasteiger partial charge in [0.25, 0.3) is 0 Å². The van der Waals surface area contributed by atoms with Gasteiger partial charge >= 0.3 is 5.97 Å². The number of fused-ring (bicyclic) bond motifs is 1. The van der Waals surface area contributed by atoms with Crippen molar-refractivity contribution in [1.82, 2.24) is 4.98 Å². The van der Waals surface area contributed by atoms with E-state index in [4.69, 9.17) is 9.47 Å². The Labute approximate surface area is 151 Å². The molecule has 0 radical (unpaired) electrons. The molecule has 1 N–H and O–H groups in total. The van der Waals surface area contributed by atoms with Crippen LogP contribution in [0.2, 0.25) is 0 Å². The number of aryl methyl sites for hydroxylation is 1. The monoisotopic (exact) mass is 351 g/mol. The van der Waals surface area contributed by atoms with Crippen LogP contribution >= 0.6 is 0 Å². The minimum Gasteiger partial charge on any atom is -0.479 e. The summed E-state index contributed by atoms with van der Waals surface area (Å²) in [6, 6.07) is 14.9. The van der Waals surface area contributed by atoms with Crippen LogP contribution in [-0.2, 0) is 9.53 Å². The van der Waals surface area contributed by atoms with E-state index in [1.54, 1.807) is 32.2 Å². The third-order valence-electron chi connectivity index (χ3n) is 4.18. The van der Waals surface area contributed by atoms with Gasteiger partial charge in [0.15, 0.2) is 12.2 Å². The van der Waals surface area contributed by atoms with Gasteiger partial charge in [-0.3, -0.25) is 4.79 Å². The summed E-state index contributed by atoms with van der Waals surface area (Å²) in [5.41, 5.74) is 2.48. The molecule has 2 aromatic carbocycles. The first-order chi connectivity index (χ1) is 12.5. The van der Waals surface area contributed by atoms with Crippen molar-refractivity contribution in [1.29, 1.82) is 0 Å². The van der Waals surface area contributed by atoms with E-state index in [-0.39, 0.29) is 5.78 Å². The van der Waals surface area contributed by atoms with Crippen LogP contribution in [0.1, 0.15) is 29.8 Å². The largest absolute Gasteiger partial charge is 0.479 e. The first-order valence-electron chi connectivity index (χ1n) is 8.50. The predicted octanol–water partition coefficient (Wildman–Crippen LogP) is 4.06. The molecule has 0 amide bonds. The fourth-order valence-electron chi connectivity index (χ4n) is 2.69. The van der Waals surface area contributed by atoms with Crippen molar-refractivity contribution in [3.8, 4) is 5.75 Å². The lowest BCUT2D eigenvalue weighted by Gasteiger charge is -2.17. The summed E-state index contributed by atoms with van der Waals surface area (Å²) in [4.78, 5) is 27.9. The molecule has 0 aliphatic rings. The first-order valence-corrected chi connectivity index (χ1v) is 8.50. The second-order valence-electron chi connectivity index (χ2n) is 6.26. The third-order valence-corrected chi connectivity index (χ3v) is 4.18. The number of nitrogens with one attached hydrogen (secondary N) is 1. The molecule has 0 fully saturated rings. The van der Waals surface area contributed by atoms with E-state index in [9.17, 15) is 9.59 Å². The molecule has 0 aliphatic carbocycles. The highest BCUT2D eigenvalue weighted by atomic mass is 16.6. The summed E-state index contributed by atoms with van der Waals surface area (Å²) < 4.78 is 10.9. The van der Waals surface area contributed by atoms with Gasteiger partial charge in [0.2, 0.25) is 5.78 Å². The van der Waals surface area contributed by atoms with E-state index >= 15 is 0 Å². The summed E-state index contributed by atoms with van der Waals surface area (Å²) in [6.45, 7) is 5.14. The standard InChI is InChI=1S/C21H21NO4/c1-13-8-10-16(11-9-13)25-15(3)21(24)26-14(2)20(23)18-12-22-19-7-5-4-6-17(18)19/h4-12,14-15,22H,1-3H3. The van der Waals surface area contributed by atoms with Gasteiger partial charge in [0.05, 0.1) is 0 Å². The van der Waals surface area contributed by atoms with Crippen molar-refractivity contribution in [3.05, 3.63) is 65.9 Å². The number of esters is 1. The zero-order valence-electron chi connectivity index (χ0n) is 15.0. The number of ketones is 1. The fraction of sp³-hybridized carbons (Fsp3) is 0.238. The second-order valence-corrected chi connectivity index (χ2v) is 6.26. The molecule has 3 aromatic rings. The van der Waals surface area contributed by atoms with Crippen LogP contribution in [0.3, 0.4) is 0 Å². The molecule has 2 unspecified atom stereocenters. The summed E-state index contributed by atoms with van der Waals surface area (Å²) in [6.07, 6.45) is -0.0643. The first kappa shape index (κ1) is 17.7. The Balaban J connectivity index is 1.64. The summed E-state index contributed by atoms with van der Waals surface area (Å²) in [5, 5.41) is 0.810. The third kappa shape index (κ3) is 3.77. The summed E-state index contributed by atoms with van der Waals surface area (Å²) in [5.74, 6) is -0.250. The van der Waals surface area contributed by atoms with Crippen LogP contribution in [0.15, 0.2) is 54.7 Å². The molecule has 0 aliphatic heterocycles. The molecule has 5 nitrogen and oxygen atoms in total. The minimum atomic E-state index is -0.897. The quantitative estimate of drug-likeness (QED) is 0.537. The molecule has 0 saturated heterocycles. The molecular formula is C21H21NO4. The highest BCUT2D eigenvalue weighted by Gasteiger charge is 2.25. The molecule has 1 heterocycles. The molecule has 0 saturated carbocycles. The highest BCUT2D eigenvalue weighted by Crippen LogP contribution is 2.20. The fourth-order valence-corrected chi connectivity index (χ4v) is 2.69. The van der Waals surface area contributed by atoms with E-state index in [0.29, 0.717) is 11.3 Å². The Morgan fingerprint density at radius 1 is 0.962 bits per heavy atom. The molecular weight excluding hydrogens is 330 g/mol. The number of para-hydroxylation sites is 1. The maximum absolute atomic E-state index is 12.6. The van der Waals surface area contributed by atoms with Crippen LogP contribution in [0.5, 0.6) is 5.75 Å². The van der Waals surface area contributed by atoms with Crippen LogP contribution in [0, 0.1) is 6.92 Å². The van der Waals surface area contributed by atoms with Gasteiger partial charge in [0, 0.05) is 22.7 Å². The minimum absolute atomic E-state index is 0.252. The SMILES string of the molecule is Cc1ccc(OC(C)C(=O)OC(C)C(=O)c2c[nH]c3ccccc23)cc1. The van der Waals surface area contributed by atoms with Crippen molar-refractivity contribution < 1.29 is 19.1 Å². The molecule has 134 valence electrons. The Kier molecular flexibility index (Phi) is 5.07. The number of H-pyrrole nitrogens is 1. The van der Waals surface area contributed by atoms with Crippen molar-refractivity contribution in [2.75, 3.05) is 0 Å². The number of ether oxygens (including phenoxy) is 2. The topological polar surface area (TPSA) is 68.4 Å².